The molecular weight excluding hydrogens is 192 g/mol. The molecule has 5 heteroatoms. The summed E-state index contributed by atoms with van der Waals surface area (Å²) in [5.74, 6) is 1.41. The maximum atomic E-state index is 5.29. The van der Waals surface area contributed by atoms with E-state index in [1.165, 1.54) is 0 Å². The standard InChI is InChI=1S/C10H16N4O/c1-14(2)10-12-8-4-5-11-6-7(8)9(13-10)15-3/h11H,4-6H2,1-3H3. The van der Waals surface area contributed by atoms with Gasteiger partial charge < -0.3 is 15.0 Å². The zero-order chi connectivity index (χ0) is 10.8. The summed E-state index contributed by atoms with van der Waals surface area (Å²) in [6, 6.07) is 0. The minimum atomic E-state index is 0.691. The Morgan fingerprint density at radius 3 is 2.80 bits per heavy atom. The van der Waals surface area contributed by atoms with E-state index in [1.54, 1.807) is 7.11 Å². The van der Waals surface area contributed by atoms with Gasteiger partial charge in [0, 0.05) is 39.2 Å². The molecule has 2 rings (SSSR count). The summed E-state index contributed by atoms with van der Waals surface area (Å²) in [6.07, 6.45) is 0.940. The Balaban J connectivity index is 2.48. The Labute approximate surface area is 89.5 Å². The van der Waals surface area contributed by atoms with Crippen LogP contribution >= 0.6 is 0 Å². The lowest BCUT2D eigenvalue weighted by Gasteiger charge is -2.20. The third-order valence-corrected chi connectivity index (χ3v) is 2.48. The SMILES string of the molecule is COc1nc(N(C)C)nc2c1CNCC2. The normalized spacial score (nSPS) is 14.6. The molecule has 0 bridgehead atoms. The molecule has 0 amide bonds. The maximum absolute atomic E-state index is 5.29. The number of hydrogen-bond acceptors (Lipinski definition) is 5. The van der Waals surface area contributed by atoms with Crippen LogP contribution in [0.1, 0.15) is 11.3 Å². The molecule has 0 atom stereocenters. The van der Waals surface area contributed by atoms with E-state index in [0.717, 1.165) is 30.8 Å². The van der Waals surface area contributed by atoms with E-state index in [0.29, 0.717) is 11.8 Å². The summed E-state index contributed by atoms with van der Waals surface area (Å²) in [7, 11) is 5.52. The molecule has 15 heavy (non-hydrogen) atoms. The van der Waals surface area contributed by atoms with Crippen LogP contribution in [0.4, 0.5) is 5.95 Å². The molecule has 1 aliphatic rings. The van der Waals surface area contributed by atoms with Gasteiger partial charge in [0.2, 0.25) is 11.8 Å². The highest BCUT2D eigenvalue weighted by Crippen LogP contribution is 2.23. The Bertz CT molecular complexity index is 347. The first-order chi connectivity index (χ1) is 7.22. The highest BCUT2D eigenvalue weighted by molar-refractivity contribution is 5.40. The van der Waals surface area contributed by atoms with Crippen molar-refractivity contribution in [2.24, 2.45) is 0 Å². The first-order valence-corrected chi connectivity index (χ1v) is 5.04. The van der Waals surface area contributed by atoms with Gasteiger partial charge in [-0.05, 0) is 0 Å². The number of rotatable bonds is 2. The van der Waals surface area contributed by atoms with Crippen molar-refractivity contribution in [1.82, 2.24) is 15.3 Å². The van der Waals surface area contributed by atoms with Crippen LogP contribution < -0.4 is 15.0 Å². The molecule has 1 N–H and O–H groups in total. The average Bonchev–Trinajstić information content (AvgIpc) is 2.27. The molecule has 0 aromatic carbocycles. The summed E-state index contributed by atoms with van der Waals surface area (Å²) in [5, 5.41) is 3.29. The van der Waals surface area contributed by atoms with Crippen molar-refractivity contribution in [3.05, 3.63) is 11.3 Å². The second-order valence-electron chi connectivity index (χ2n) is 3.78. The van der Waals surface area contributed by atoms with Gasteiger partial charge in [-0.15, -0.1) is 0 Å². The van der Waals surface area contributed by atoms with Crippen LogP contribution in [-0.4, -0.2) is 37.7 Å². The van der Waals surface area contributed by atoms with Crippen molar-refractivity contribution in [1.29, 1.82) is 0 Å². The van der Waals surface area contributed by atoms with Gasteiger partial charge in [-0.25, -0.2) is 4.98 Å². The lowest BCUT2D eigenvalue weighted by Crippen LogP contribution is -2.27. The molecule has 2 heterocycles. The number of aromatic nitrogens is 2. The highest BCUT2D eigenvalue weighted by atomic mass is 16.5. The minimum Gasteiger partial charge on any atom is -0.481 e. The third kappa shape index (κ3) is 1.87. The van der Waals surface area contributed by atoms with Crippen LogP contribution in [0.15, 0.2) is 0 Å². The summed E-state index contributed by atoms with van der Waals surface area (Å²) in [5.41, 5.74) is 2.19. The molecule has 5 nitrogen and oxygen atoms in total. The zero-order valence-corrected chi connectivity index (χ0v) is 9.37. The molecule has 1 aromatic heterocycles. The van der Waals surface area contributed by atoms with Gasteiger partial charge in [0.1, 0.15) is 0 Å². The molecule has 0 saturated carbocycles. The molecule has 0 saturated heterocycles. The minimum absolute atomic E-state index is 0.691. The molecule has 0 spiro atoms. The summed E-state index contributed by atoms with van der Waals surface area (Å²) >= 11 is 0. The summed E-state index contributed by atoms with van der Waals surface area (Å²) < 4.78 is 5.29. The molecule has 0 aliphatic carbocycles. The first-order valence-electron chi connectivity index (χ1n) is 5.04. The van der Waals surface area contributed by atoms with Gasteiger partial charge in [-0.1, -0.05) is 0 Å². The largest absolute Gasteiger partial charge is 0.481 e. The van der Waals surface area contributed by atoms with Gasteiger partial charge in [-0.2, -0.15) is 4.98 Å². The Morgan fingerprint density at radius 2 is 2.13 bits per heavy atom. The van der Waals surface area contributed by atoms with E-state index in [2.05, 4.69) is 15.3 Å². The predicted octanol–water partition coefficient (Wildman–Crippen LogP) is 0.197. The van der Waals surface area contributed by atoms with Gasteiger partial charge in [0.15, 0.2) is 0 Å². The lowest BCUT2D eigenvalue weighted by molar-refractivity contribution is 0.385. The van der Waals surface area contributed by atoms with E-state index in [-0.39, 0.29) is 0 Å². The van der Waals surface area contributed by atoms with Crippen LogP contribution in [-0.2, 0) is 13.0 Å². The zero-order valence-electron chi connectivity index (χ0n) is 9.37. The molecule has 1 aromatic rings. The number of fused-ring (bicyclic) bond motifs is 1. The van der Waals surface area contributed by atoms with Crippen LogP contribution in [0.3, 0.4) is 0 Å². The molecule has 0 fully saturated rings. The Kier molecular flexibility index (Phi) is 2.73. The van der Waals surface area contributed by atoms with E-state index in [1.807, 2.05) is 19.0 Å². The Morgan fingerprint density at radius 1 is 1.33 bits per heavy atom. The smallest absolute Gasteiger partial charge is 0.228 e. The van der Waals surface area contributed by atoms with E-state index < -0.39 is 0 Å². The topological polar surface area (TPSA) is 50.3 Å². The number of ether oxygens (including phenoxy) is 1. The number of anilines is 1. The van der Waals surface area contributed by atoms with Crippen molar-refractivity contribution >= 4 is 5.95 Å². The predicted molar refractivity (Wildman–Crippen MR) is 58.3 cm³/mol. The number of methoxy groups -OCH3 is 1. The summed E-state index contributed by atoms with van der Waals surface area (Å²) in [6.45, 7) is 1.77. The van der Waals surface area contributed by atoms with Crippen LogP contribution in [0, 0.1) is 0 Å². The van der Waals surface area contributed by atoms with E-state index in [9.17, 15) is 0 Å². The van der Waals surface area contributed by atoms with Crippen molar-refractivity contribution < 1.29 is 4.74 Å². The van der Waals surface area contributed by atoms with Crippen molar-refractivity contribution in [2.75, 3.05) is 32.6 Å². The van der Waals surface area contributed by atoms with Crippen LogP contribution in [0.5, 0.6) is 5.88 Å². The molecule has 82 valence electrons. The third-order valence-electron chi connectivity index (χ3n) is 2.48. The van der Waals surface area contributed by atoms with Gasteiger partial charge in [0.05, 0.1) is 12.8 Å². The van der Waals surface area contributed by atoms with Crippen molar-refractivity contribution in [2.45, 2.75) is 13.0 Å². The fourth-order valence-electron chi connectivity index (χ4n) is 1.67. The van der Waals surface area contributed by atoms with Gasteiger partial charge in [-0.3, -0.25) is 0 Å². The van der Waals surface area contributed by atoms with E-state index >= 15 is 0 Å². The van der Waals surface area contributed by atoms with Crippen molar-refractivity contribution in [3.8, 4) is 5.88 Å². The molecular formula is C10H16N4O. The van der Waals surface area contributed by atoms with Gasteiger partial charge >= 0.3 is 0 Å². The fourth-order valence-corrected chi connectivity index (χ4v) is 1.67. The first kappa shape index (κ1) is 10.2. The van der Waals surface area contributed by atoms with E-state index in [4.69, 9.17) is 4.74 Å². The molecule has 1 aliphatic heterocycles. The van der Waals surface area contributed by atoms with Gasteiger partial charge in [0.25, 0.3) is 0 Å². The van der Waals surface area contributed by atoms with Crippen molar-refractivity contribution in [3.63, 3.8) is 0 Å². The lowest BCUT2D eigenvalue weighted by atomic mass is 10.1. The summed E-state index contributed by atoms with van der Waals surface area (Å²) in [4.78, 5) is 10.8. The number of nitrogens with zero attached hydrogens (tertiary/aromatic N) is 3. The maximum Gasteiger partial charge on any atom is 0.228 e. The number of nitrogens with one attached hydrogen (secondary N) is 1. The number of hydrogen-bond donors (Lipinski definition) is 1. The molecule has 0 unspecified atom stereocenters. The Hall–Kier alpha value is -1.36. The quantitative estimate of drug-likeness (QED) is 0.752. The molecule has 0 radical (unpaired) electrons. The fraction of sp³-hybridized carbons (Fsp3) is 0.600. The second kappa shape index (κ2) is 4.02. The van der Waals surface area contributed by atoms with Crippen LogP contribution in [0.25, 0.3) is 0 Å². The highest BCUT2D eigenvalue weighted by Gasteiger charge is 2.18. The average molecular weight is 208 g/mol. The monoisotopic (exact) mass is 208 g/mol. The van der Waals surface area contributed by atoms with Crippen LogP contribution in [0.2, 0.25) is 0 Å². The second-order valence-corrected chi connectivity index (χ2v) is 3.78.